The molecule has 0 saturated heterocycles. The van der Waals surface area contributed by atoms with E-state index >= 15 is 0 Å². The molecule has 0 radical (unpaired) electrons. The molecule has 1 N–H and O–H groups in total. The van der Waals surface area contributed by atoms with Crippen LogP contribution in [0, 0.1) is 6.92 Å². The molecule has 1 atom stereocenters. The van der Waals surface area contributed by atoms with Gasteiger partial charge in [-0.1, -0.05) is 51.3 Å². The van der Waals surface area contributed by atoms with E-state index in [9.17, 15) is 0 Å². The first-order valence-corrected chi connectivity index (χ1v) is 7.93. The first-order valence-electron chi connectivity index (χ1n) is 6.38. The van der Waals surface area contributed by atoms with Crippen LogP contribution in [-0.2, 0) is 6.42 Å². The zero-order valence-corrected chi connectivity index (χ0v) is 14.5. The molecule has 0 bridgehead atoms. The summed E-state index contributed by atoms with van der Waals surface area (Å²) in [4.78, 5) is 0. The van der Waals surface area contributed by atoms with E-state index in [-0.39, 0.29) is 6.04 Å². The number of rotatable bonds is 4. The SMILES string of the molecule is CNC(Cc1ccc(Cl)cc1Cl)c1ccc(Br)cc1C. The van der Waals surface area contributed by atoms with Gasteiger partial charge in [0.1, 0.15) is 0 Å². The largest absolute Gasteiger partial charge is 0.313 e. The van der Waals surface area contributed by atoms with Crippen molar-refractivity contribution in [2.24, 2.45) is 0 Å². The smallest absolute Gasteiger partial charge is 0.0453 e. The van der Waals surface area contributed by atoms with Crippen molar-refractivity contribution in [1.82, 2.24) is 5.32 Å². The summed E-state index contributed by atoms with van der Waals surface area (Å²) in [5.41, 5.74) is 3.63. The fourth-order valence-corrected chi connectivity index (χ4v) is 3.27. The summed E-state index contributed by atoms with van der Waals surface area (Å²) in [6.45, 7) is 2.12. The van der Waals surface area contributed by atoms with E-state index in [0.29, 0.717) is 10.0 Å². The number of hydrogen-bond acceptors (Lipinski definition) is 1. The van der Waals surface area contributed by atoms with Gasteiger partial charge in [0.25, 0.3) is 0 Å². The Kier molecular flexibility index (Phi) is 5.50. The van der Waals surface area contributed by atoms with Gasteiger partial charge >= 0.3 is 0 Å². The Labute approximate surface area is 138 Å². The highest BCUT2D eigenvalue weighted by Crippen LogP contribution is 2.28. The third-order valence-corrected chi connectivity index (χ3v) is 4.48. The molecule has 0 aliphatic heterocycles. The molecule has 1 nitrogen and oxygen atoms in total. The lowest BCUT2D eigenvalue weighted by molar-refractivity contribution is 0.589. The van der Waals surface area contributed by atoms with Crippen LogP contribution in [0.3, 0.4) is 0 Å². The van der Waals surface area contributed by atoms with Gasteiger partial charge < -0.3 is 5.32 Å². The Morgan fingerprint density at radius 2 is 1.90 bits per heavy atom. The molecule has 0 aliphatic carbocycles. The highest BCUT2D eigenvalue weighted by atomic mass is 79.9. The van der Waals surface area contributed by atoms with Crippen molar-refractivity contribution < 1.29 is 0 Å². The number of benzene rings is 2. The molecule has 0 spiro atoms. The molecule has 0 fully saturated rings. The molecule has 2 aromatic rings. The quantitative estimate of drug-likeness (QED) is 0.739. The van der Waals surface area contributed by atoms with Crippen LogP contribution in [0.1, 0.15) is 22.7 Å². The normalized spacial score (nSPS) is 12.4. The number of aryl methyl sites for hydroxylation is 1. The van der Waals surface area contributed by atoms with Crippen molar-refractivity contribution >= 4 is 39.1 Å². The van der Waals surface area contributed by atoms with Gasteiger partial charge in [0.05, 0.1) is 0 Å². The molecule has 0 aromatic heterocycles. The molecule has 106 valence electrons. The molecule has 0 saturated carbocycles. The highest BCUT2D eigenvalue weighted by Gasteiger charge is 2.14. The molecule has 0 heterocycles. The molecule has 4 heteroatoms. The molecule has 0 amide bonds. The maximum absolute atomic E-state index is 6.26. The molecule has 1 unspecified atom stereocenters. The molecule has 2 rings (SSSR count). The van der Waals surface area contributed by atoms with E-state index in [1.165, 1.54) is 11.1 Å². The van der Waals surface area contributed by atoms with Crippen molar-refractivity contribution in [3.05, 3.63) is 67.6 Å². The maximum atomic E-state index is 6.26. The van der Waals surface area contributed by atoms with E-state index in [2.05, 4.69) is 46.4 Å². The van der Waals surface area contributed by atoms with E-state index < -0.39 is 0 Å². The number of nitrogens with one attached hydrogen (secondary N) is 1. The Hall–Kier alpha value is -0.540. The molecular weight excluding hydrogens is 357 g/mol. The van der Waals surface area contributed by atoms with Crippen molar-refractivity contribution in [1.29, 1.82) is 0 Å². The minimum Gasteiger partial charge on any atom is -0.313 e. The Balaban J connectivity index is 2.28. The van der Waals surface area contributed by atoms with E-state index in [0.717, 1.165) is 16.5 Å². The fourth-order valence-electron chi connectivity index (χ4n) is 2.30. The van der Waals surface area contributed by atoms with Crippen LogP contribution < -0.4 is 5.32 Å². The molecule has 20 heavy (non-hydrogen) atoms. The van der Waals surface area contributed by atoms with Gasteiger partial charge in [-0.3, -0.25) is 0 Å². The Morgan fingerprint density at radius 1 is 1.15 bits per heavy atom. The highest BCUT2D eigenvalue weighted by molar-refractivity contribution is 9.10. The lowest BCUT2D eigenvalue weighted by Crippen LogP contribution is -2.20. The number of hydrogen-bond donors (Lipinski definition) is 1. The summed E-state index contributed by atoms with van der Waals surface area (Å²) in [5.74, 6) is 0. The maximum Gasteiger partial charge on any atom is 0.0453 e. The van der Waals surface area contributed by atoms with Gasteiger partial charge in [0.2, 0.25) is 0 Å². The van der Waals surface area contributed by atoms with Crippen molar-refractivity contribution in [2.75, 3.05) is 7.05 Å². The van der Waals surface area contributed by atoms with E-state index in [1.54, 1.807) is 6.07 Å². The summed E-state index contributed by atoms with van der Waals surface area (Å²) in [5, 5.41) is 4.74. The van der Waals surface area contributed by atoms with Crippen LogP contribution >= 0.6 is 39.1 Å². The third-order valence-electron chi connectivity index (χ3n) is 3.39. The predicted octanol–water partition coefficient (Wildman–Crippen LogP) is 5.57. The van der Waals surface area contributed by atoms with Crippen LogP contribution in [0.25, 0.3) is 0 Å². The van der Waals surface area contributed by atoms with Crippen molar-refractivity contribution in [3.63, 3.8) is 0 Å². The van der Waals surface area contributed by atoms with Gasteiger partial charge in [-0.2, -0.15) is 0 Å². The summed E-state index contributed by atoms with van der Waals surface area (Å²) < 4.78 is 1.10. The van der Waals surface area contributed by atoms with Crippen LogP contribution in [-0.4, -0.2) is 7.05 Å². The Morgan fingerprint density at radius 3 is 2.50 bits per heavy atom. The summed E-state index contributed by atoms with van der Waals surface area (Å²) >= 11 is 15.7. The third kappa shape index (κ3) is 3.76. The molecule has 0 aliphatic rings. The fraction of sp³-hybridized carbons (Fsp3) is 0.250. The van der Waals surface area contributed by atoms with Gasteiger partial charge in [0, 0.05) is 20.6 Å². The summed E-state index contributed by atoms with van der Waals surface area (Å²) in [6, 6.07) is 12.2. The number of halogens is 3. The number of likely N-dealkylation sites (N-methyl/N-ethyl adjacent to an activating group) is 1. The predicted molar refractivity (Wildman–Crippen MR) is 90.8 cm³/mol. The second-order valence-corrected chi connectivity index (χ2v) is 6.54. The second kappa shape index (κ2) is 6.95. The monoisotopic (exact) mass is 371 g/mol. The van der Waals surface area contributed by atoms with Crippen LogP contribution in [0.2, 0.25) is 10.0 Å². The van der Waals surface area contributed by atoms with Gasteiger partial charge in [0.15, 0.2) is 0 Å². The zero-order valence-electron chi connectivity index (χ0n) is 11.4. The minimum atomic E-state index is 0.224. The van der Waals surface area contributed by atoms with E-state index in [4.69, 9.17) is 23.2 Å². The van der Waals surface area contributed by atoms with Crippen molar-refractivity contribution in [2.45, 2.75) is 19.4 Å². The first-order chi connectivity index (χ1) is 9.51. The van der Waals surface area contributed by atoms with Crippen LogP contribution in [0.5, 0.6) is 0 Å². The van der Waals surface area contributed by atoms with Crippen LogP contribution in [0.15, 0.2) is 40.9 Å². The lowest BCUT2D eigenvalue weighted by Gasteiger charge is -2.20. The Bertz CT molecular complexity index is 613. The average Bonchev–Trinajstić information content (AvgIpc) is 2.39. The summed E-state index contributed by atoms with van der Waals surface area (Å²) in [6.07, 6.45) is 0.828. The summed E-state index contributed by atoms with van der Waals surface area (Å²) in [7, 11) is 1.97. The molecule has 2 aromatic carbocycles. The molecular formula is C16H16BrCl2N. The topological polar surface area (TPSA) is 12.0 Å². The average molecular weight is 373 g/mol. The first kappa shape index (κ1) is 15.8. The van der Waals surface area contributed by atoms with Gasteiger partial charge in [-0.25, -0.2) is 0 Å². The lowest BCUT2D eigenvalue weighted by atomic mass is 9.95. The van der Waals surface area contributed by atoms with Gasteiger partial charge in [-0.15, -0.1) is 0 Å². The van der Waals surface area contributed by atoms with Crippen molar-refractivity contribution in [3.8, 4) is 0 Å². The zero-order chi connectivity index (χ0) is 14.7. The second-order valence-electron chi connectivity index (χ2n) is 4.78. The van der Waals surface area contributed by atoms with Crippen LogP contribution in [0.4, 0.5) is 0 Å². The standard InChI is InChI=1S/C16H16BrCl2N/c1-10-7-12(17)4-6-14(10)16(20-2)8-11-3-5-13(18)9-15(11)19/h3-7,9,16,20H,8H2,1-2H3. The minimum absolute atomic E-state index is 0.224. The van der Waals surface area contributed by atoms with Gasteiger partial charge in [-0.05, 0) is 61.3 Å². The van der Waals surface area contributed by atoms with E-state index in [1.807, 2.05) is 19.2 Å².